The lowest BCUT2D eigenvalue weighted by Gasteiger charge is -2.45. The third kappa shape index (κ3) is 3.78. The first-order valence-corrected chi connectivity index (χ1v) is 12.1. The van der Waals surface area contributed by atoms with Crippen LogP contribution in [0.1, 0.15) is 63.6 Å². The van der Waals surface area contributed by atoms with Crippen molar-refractivity contribution >= 4 is 15.9 Å². The molecule has 0 amide bonds. The highest BCUT2D eigenvalue weighted by Gasteiger charge is 2.52. The minimum atomic E-state index is -0.0893. The first-order valence-electron chi connectivity index (χ1n) is 11.3. The predicted molar refractivity (Wildman–Crippen MR) is 119 cm³/mol. The number of hydrogen-bond acceptors (Lipinski definition) is 5. The molecule has 2 atom stereocenters. The van der Waals surface area contributed by atoms with Gasteiger partial charge < -0.3 is 18.9 Å². The molecule has 5 nitrogen and oxygen atoms in total. The van der Waals surface area contributed by atoms with E-state index in [1.54, 1.807) is 7.11 Å². The van der Waals surface area contributed by atoms with E-state index in [1.807, 2.05) is 0 Å². The van der Waals surface area contributed by atoms with Crippen LogP contribution in [0.15, 0.2) is 10.5 Å². The standard InChI is InChI=1S/C24H34BrNO4/c1-23(2,3)30-15-5-6-19-18-9-20(27-4)22(21(25)17(18)7-8-26(19)12-15)29-14-24-10-16(11-24)28-13-24/h9,15-16,19H,5-8,10-14H2,1-4H3. The maximum absolute atomic E-state index is 6.37. The second kappa shape index (κ2) is 7.65. The van der Waals surface area contributed by atoms with Gasteiger partial charge in [0.1, 0.15) is 0 Å². The third-order valence-corrected chi connectivity index (χ3v) is 8.02. The van der Waals surface area contributed by atoms with Gasteiger partial charge >= 0.3 is 0 Å². The summed E-state index contributed by atoms with van der Waals surface area (Å²) in [5, 5.41) is 0. The summed E-state index contributed by atoms with van der Waals surface area (Å²) in [6.07, 6.45) is 6.27. The molecule has 6 rings (SSSR count). The third-order valence-electron chi connectivity index (χ3n) is 7.18. The summed E-state index contributed by atoms with van der Waals surface area (Å²) < 4.78 is 25.3. The van der Waals surface area contributed by atoms with Crippen LogP contribution < -0.4 is 9.47 Å². The van der Waals surface area contributed by atoms with E-state index in [9.17, 15) is 0 Å². The van der Waals surface area contributed by atoms with Gasteiger partial charge in [-0.05, 0) is 86.0 Å². The Kier molecular flexibility index (Phi) is 5.36. The highest BCUT2D eigenvalue weighted by molar-refractivity contribution is 9.10. The average molecular weight is 480 g/mol. The fourth-order valence-electron chi connectivity index (χ4n) is 5.78. The number of fused-ring (bicyclic) bond motifs is 4. The van der Waals surface area contributed by atoms with Crippen molar-refractivity contribution < 1.29 is 18.9 Å². The van der Waals surface area contributed by atoms with Crippen LogP contribution in [0.25, 0.3) is 0 Å². The van der Waals surface area contributed by atoms with Gasteiger partial charge in [-0.25, -0.2) is 0 Å². The molecule has 0 N–H and O–H groups in total. The molecule has 5 aliphatic rings. The van der Waals surface area contributed by atoms with E-state index in [-0.39, 0.29) is 11.0 Å². The van der Waals surface area contributed by atoms with Gasteiger partial charge in [0.05, 0.1) is 42.6 Å². The van der Waals surface area contributed by atoms with Crippen molar-refractivity contribution in [3.8, 4) is 11.5 Å². The molecule has 1 aromatic rings. The summed E-state index contributed by atoms with van der Waals surface area (Å²) in [7, 11) is 1.74. The van der Waals surface area contributed by atoms with Crippen molar-refractivity contribution in [1.82, 2.24) is 4.90 Å². The molecule has 2 unspecified atom stereocenters. The Morgan fingerprint density at radius 3 is 2.73 bits per heavy atom. The first kappa shape index (κ1) is 21.0. The zero-order valence-electron chi connectivity index (χ0n) is 18.6. The number of nitrogens with zero attached hydrogens (tertiary/aromatic N) is 1. The van der Waals surface area contributed by atoms with E-state index < -0.39 is 0 Å². The van der Waals surface area contributed by atoms with Gasteiger partial charge in [-0.3, -0.25) is 4.90 Å². The molecule has 0 radical (unpaired) electrons. The van der Waals surface area contributed by atoms with Crippen molar-refractivity contribution in [1.29, 1.82) is 0 Å². The molecule has 4 heterocycles. The highest BCUT2D eigenvalue weighted by Crippen LogP contribution is 2.52. The summed E-state index contributed by atoms with van der Waals surface area (Å²) in [5.74, 6) is 1.70. The molecule has 1 aliphatic carbocycles. The van der Waals surface area contributed by atoms with Crippen LogP contribution in [0.3, 0.4) is 0 Å². The van der Waals surface area contributed by atoms with Crippen LogP contribution in [0.2, 0.25) is 0 Å². The van der Waals surface area contributed by atoms with Crippen LogP contribution >= 0.6 is 15.9 Å². The Hall–Kier alpha value is -0.820. The Balaban J connectivity index is 1.35. The molecule has 0 aromatic heterocycles. The molecular weight excluding hydrogens is 446 g/mol. The van der Waals surface area contributed by atoms with E-state index >= 15 is 0 Å². The minimum absolute atomic E-state index is 0.0893. The summed E-state index contributed by atoms with van der Waals surface area (Å²) in [6, 6.07) is 2.66. The molecule has 3 saturated heterocycles. The minimum Gasteiger partial charge on any atom is -0.493 e. The second-order valence-corrected chi connectivity index (χ2v) is 11.4. The number of ether oxygens (including phenoxy) is 4. The first-order chi connectivity index (χ1) is 14.3. The zero-order valence-corrected chi connectivity index (χ0v) is 20.2. The zero-order chi connectivity index (χ0) is 21.1. The Morgan fingerprint density at radius 1 is 1.27 bits per heavy atom. The second-order valence-electron chi connectivity index (χ2n) is 10.6. The van der Waals surface area contributed by atoms with Gasteiger partial charge in [-0.1, -0.05) is 0 Å². The summed E-state index contributed by atoms with van der Waals surface area (Å²) >= 11 is 3.89. The number of piperidine rings is 1. The predicted octanol–water partition coefficient (Wildman–Crippen LogP) is 4.89. The fourth-order valence-corrected chi connectivity index (χ4v) is 6.52. The highest BCUT2D eigenvalue weighted by atomic mass is 79.9. The van der Waals surface area contributed by atoms with E-state index in [0.717, 1.165) is 67.8 Å². The topological polar surface area (TPSA) is 40.2 Å². The normalized spacial score (nSPS) is 32.9. The van der Waals surface area contributed by atoms with Crippen molar-refractivity contribution in [2.24, 2.45) is 5.41 Å². The molecule has 4 fully saturated rings. The van der Waals surface area contributed by atoms with Crippen LogP contribution in [-0.2, 0) is 15.9 Å². The summed E-state index contributed by atoms with van der Waals surface area (Å²) in [6.45, 7) is 10.0. The molecule has 1 aromatic carbocycles. The molecule has 1 saturated carbocycles. The lowest BCUT2D eigenvalue weighted by atomic mass is 9.71. The number of hydrogen-bond donors (Lipinski definition) is 0. The SMILES string of the molecule is COc1cc2c(c(Br)c1OCC13COC(C1)C3)CCN1CC(OC(C)(C)C)CCC21. The van der Waals surface area contributed by atoms with E-state index in [4.69, 9.17) is 18.9 Å². The molecule has 166 valence electrons. The molecular formula is C24H34BrNO4. The van der Waals surface area contributed by atoms with E-state index in [1.165, 1.54) is 11.1 Å². The van der Waals surface area contributed by atoms with Crippen molar-refractivity contribution in [3.05, 3.63) is 21.7 Å². The van der Waals surface area contributed by atoms with Gasteiger partial charge in [0.15, 0.2) is 11.5 Å². The lowest BCUT2D eigenvalue weighted by molar-refractivity contribution is -0.0972. The summed E-state index contributed by atoms with van der Waals surface area (Å²) in [4.78, 5) is 2.60. The molecule has 30 heavy (non-hydrogen) atoms. The Morgan fingerprint density at radius 2 is 2.07 bits per heavy atom. The van der Waals surface area contributed by atoms with Crippen molar-refractivity contribution in [2.75, 3.05) is 33.4 Å². The monoisotopic (exact) mass is 479 g/mol. The molecule has 2 bridgehead atoms. The largest absolute Gasteiger partial charge is 0.493 e. The van der Waals surface area contributed by atoms with Crippen LogP contribution in [-0.4, -0.2) is 56.1 Å². The van der Waals surface area contributed by atoms with Gasteiger partial charge in [-0.15, -0.1) is 0 Å². The van der Waals surface area contributed by atoms with Gasteiger partial charge in [0, 0.05) is 24.5 Å². The van der Waals surface area contributed by atoms with Crippen molar-refractivity contribution in [3.63, 3.8) is 0 Å². The molecule has 4 aliphatic heterocycles. The summed E-state index contributed by atoms with van der Waals surface area (Å²) in [5.41, 5.74) is 2.90. The van der Waals surface area contributed by atoms with Crippen LogP contribution in [0.4, 0.5) is 0 Å². The maximum Gasteiger partial charge on any atom is 0.175 e. The number of rotatable bonds is 5. The molecule has 0 spiro atoms. The maximum atomic E-state index is 6.37. The molecule has 6 heteroatoms. The Labute approximate surface area is 188 Å². The van der Waals surface area contributed by atoms with E-state index in [0.29, 0.717) is 24.9 Å². The van der Waals surface area contributed by atoms with Gasteiger partial charge in [0.25, 0.3) is 0 Å². The average Bonchev–Trinajstić information content (AvgIpc) is 3.26. The lowest BCUT2D eigenvalue weighted by Crippen LogP contribution is -2.47. The van der Waals surface area contributed by atoms with Crippen LogP contribution in [0, 0.1) is 5.41 Å². The number of halogens is 1. The Bertz CT molecular complexity index is 809. The van der Waals surface area contributed by atoms with Crippen LogP contribution in [0.5, 0.6) is 11.5 Å². The quantitative estimate of drug-likeness (QED) is 0.600. The van der Waals surface area contributed by atoms with Crippen molar-refractivity contribution in [2.45, 2.75) is 76.7 Å². The van der Waals surface area contributed by atoms with Gasteiger partial charge in [0.2, 0.25) is 0 Å². The smallest absolute Gasteiger partial charge is 0.175 e. The number of benzene rings is 1. The van der Waals surface area contributed by atoms with Gasteiger partial charge in [-0.2, -0.15) is 0 Å². The van der Waals surface area contributed by atoms with E-state index in [2.05, 4.69) is 47.7 Å². The number of methoxy groups -OCH3 is 1. The fraction of sp³-hybridized carbons (Fsp3) is 0.750.